The summed E-state index contributed by atoms with van der Waals surface area (Å²) in [5, 5.41) is 6.72. The molecule has 1 aromatic heterocycles. The predicted molar refractivity (Wildman–Crippen MR) is 60.6 cm³/mol. The molecule has 1 rings (SSSR count). The Labute approximate surface area is 85.9 Å². The fourth-order valence-electron chi connectivity index (χ4n) is 1.23. The maximum atomic E-state index is 4.05. The molecule has 3 heteroatoms. The van der Waals surface area contributed by atoms with Crippen molar-refractivity contribution in [3.63, 3.8) is 0 Å². The van der Waals surface area contributed by atoms with Gasteiger partial charge in [0.05, 0.1) is 0 Å². The van der Waals surface area contributed by atoms with E-state index in [1.807, 2.05) is 18.5 Å². The quantitative estimate of drug-likeness (QED) is 0.700. The largest absolute Gasteiger partial charge is 0.383 e. The van der Waals surface area contributed by atoms with Gasteiger partial charge in [-0.05, 0) is 18.6 Å². The average Bonchev–Trinajstić information content (AvgIpc) is 2.15. The highest BCUT2D eigenvalue weighted by Gasteiger charge is 1.96. The van der Waals surface area contributed by atoms with E-state index in [2.05, 4.69) is 36.4 Å². The lowest BCUT2D eigenvalue weighted by Gasteiger charge is -2.11. The number of pyridine rings is 1. The molecule has 2 N–H and O–H groups in total. The Morgan fingerprint density at radius 3 is 2.79 bits per heavy atom. The summed E-state index contributed by atoms with van der Waals surface area (Å²) in [5.74, 6) is 0. The molecule has 0 atom stereocenters. The molecule has 0 saturated heterocycles. The number of anilines is 1. The van der Waals surface area contributed by atoms with Gasteiger partial charge in [-0.15, -0.1) is 0 Å². The van der Waals surface area contributed by atoms with Crippen LogP contribution in [0.15, 0.2) is 18.5 Å². The lowest BCUT2D eigenvalue weighted by atomic mass is 10.2. The molecule has 0 unspecified atom stereocenters. The fourth-order valence-corrected chi connectivity index (χ4v) is 1.23. The Bertz CT molecular complexity index is 271. The van der Waals surface area contributed by atoms with E-state index in [1.54, 1.807) is 0 Å². The standard InChI is InChI=1S/C11H19N3/c1-9(2)13-6-7-14-11-4-5-12-8-10(11)3/h4-5,8-9,13H,6-7H2,1-3H3,(H,12,14). The molecular formula is C11H19N3. The highest BCUT2D eigenvalue weighted by atomic mass is 15.0. The van der Waals surface area contributed by atoms with Crippen LogP contribution in [-0.2, 0) is 0 Å². The van der Waals surface area contributed by atoms with Crippen LogP contribution in [-0.4, -0.2) is 24.1 Å². The highest BCUT2D eigenvalue weighted by molar-refractivity contribution is 5.48. The van der Waals surface area contributed by atoms with Crippen LogP contribution in [0.2, 0.25) is 0 Å². The van der Waals surface area contributed by atoms with Crippen molar-refractivity contribution < 1.29 is 0 Å². The average molecular weight is 193 g/mol. The summed E-state index contributed by atoms with van der Waals surface area (Å²) in [6.07, 6.45) is 3.68. The smallest absolute Gasteiger partial charge is 0.0401 e. The zero-order chi connectivity index (χ0) is 10.4. The topological polar surface area (TPSA) is 37.0 Å². The molecule has 0 bridgehead atoms. The predicted octanol–water partition coefficient (Wildman–Crippen LogP) is 1.80. The van der Waals surface area contributed by atoms with Gasteiger partial charge in [0, 0.05) is 37.2 Å². The molecule has 0 aliphatic heterocycles. The van der Waals surface area contributed by atoms with Crippen molar-refractivity contribution in [3.05, 3.63) is 24.0 Å². The highest BCUT2D eigenvalue weighted by Crippen LogP contribution is 2.10. The summed E-state index contributed by atoms with van der Waals surface area (Å²) in [5.41, 5.74) is 2.36. The second-order valence-electron chi connectivity index (χ2n) is 3.73. The minimum atomic E-state index is 0.551. The molecule has 0 aliphatic carbocycles. The second-order valence-corrected chi connectivity index (χ2v) is 3.73. The Balaban J connectivity index is 2.28. The van der Waals surface area contributed by atoms with Gasteiger partial charge in [-0.25, -0.2) is 0 Å². The molecular weight excluding hydrogens is 174 g/mol. The van der Waals surface area contributed by atoms with Crippen molar-refractivity contribution in [3.8, 4) is 0 Å². The van der Waals surface area contributed by atoms with Crippen molar-refractivity contribution in [2.45, 2.75) is 26.8 Å². The maximum absolute atomic E-state index is 4.05. The van der Waals surface area contributed by atoms with E-state index in [4.69, 9.17) is 0 Å². The van der Waals surface area contributed by atoms with Crippen LogP contribution >= 0.6 is 0 Å². The van der Waals surface area contributed by atoms with Crippen LogP contribution in [0.5, 0.6) is 0 Å². The van der Waals surface area contributed by atoms with Gasteiger partial charge >= 0.3 is 0 Å². The van der Waals surface area contributed by atoms with Gasteiger partial charge in [0.2, 0.25) is 0 Å². The Hall–Kier alpha value is -1.09. The number of aryl methyl sites for hydroxylation is 1. The first-order chi connectivity index (χ1) is 6.70. The monoisotopic (exact) mass is 193 g/mol. The third-order valence-electron chi connectivity index (χ3n) is 2.01. The summed E-state index contributed by atoms with van der Waals surface area (Å²) >= 11 is 0. The van der Waals surface area contributed by atoms with Crippen LogP contribution in [0, 0.1) is 6.92 Å². The van der Waals surface area contributed by atoms with Gasteiger partial charge in [0.1, 0.15) is 0 Å². The number of rotatable bonds is 5. The van der Waals surface area contributed by atoms with Crippen LogP contribution < -0.4 is 10.6 Å². The molecule has 0 amide bonds. The lowest BCUT2D eigenvalue weighted by molar-refractivity contribution is 0.602. The molecule has 0 fully saturated rings. The van der Waals surface area contributed by atoms with E-state index < -0.39 is 0 Å². The van der Waals surface area contributed by atoms with Crippen molar-refractivity contribution >= 4 is 5.69 Å². The van der Waals surface area contributed by atoms with Gasteiger partial charge in [-0.3, -0.25) is 4.98 Å². The molecule has 0 aromatic carbocycles. The maximum Gasteiger partial charge on any atom is 0.0401 e. The van der Waals surface area contributed by atoms with E-state index in [9.17, 15) is 0 Å². The van der Waals surface area contributed by atoms with Gasteiger partial charge in [0.25, 0.3) is 0 Å². The lowest BCUT2D eigenvalue weighted by Crippen LogP contribution is -2.28. The fraction of sp³-hybridized carbons (Fsp3) is 0.545. The van der Waals surface area contributed by atoms with Gasteiger partial charge < -0.3 is 10.6 Å². The van der Waals surface area contributed by atoms with Crippen molar-refractivity contribution in [2.24, 2.45) is 0 Å². The van der Waals surface area contributed by atoms with Crippen LogP contribution in [0.25, 0.3) is 0 Å². The second kappa shape index (κ2) is 5.60. The van der Waals surface area contributed by atoms with Crippen LogP contribution in [0.1, 0.15) is 19.4 Å². The van der Waals surface area contributed by atoms with Crippen molar-refractivity contribution in [1.82, 2.24) is 10.3 Å². The molecule has 3 nitrogen and oxygen atoms in total. The van der Waals surface area contributed by atoms with Crippen LogP contribution in [0.4, 0.5) is 5.69 Å². The molecule has 14 heavy (non-hydrogen) atoms. The van der Waals surface area contributed by atoms with E-state index in [1.165, 1.54) is 11.3 Å². The Kier molecular flexibility index (Phi) is 4.40. The van der Waals surface area contributed by atoms with E-state index in [0.29, 0.717) is 6.04 Å². The van der Waals surface area contributed by atoms with Gasteiger partial charge in [-0.2, -0.15) is 0 Å². The summed E-state index contributed by atoms with van der Waals surface area (Å²) in [6.45, 7) is 8.29. The normalized spacial score (nSPS) is 10.6. The minimum Gasteiger partial charge on any atom is -0.383 e. The molecule has 78 valence electrons. The molecule has 0 radical (unpaired) electrons. The van der Waals surface area contributed by atoms with Crippen LogP contribution in [0.3, 0.4) is 0 Å². The number of nitrogens with zero attached hydrogens (tertiary/aromatic N) is 1. The van der Waals surface area contributed by atoms with Crippen molar-refractivity contribution in [2.75, 3.05) is 18.4 Å². The van der Waals surface area contributed by atoms with Gasteiger partial charge in [0.15, 0.2) is 0 Å². The van der Waals surface area contributed by atoms with Gasteiger partial charge in [-0.1, -0.05) is 13.8 Å². The summed E-state index contributed by atoms with van der Waals surface area (Å²) in [7, 11) is 0. The Morgan fingerprint density at radius 2 is 2.14 bits per heavy atom. The van der Waals surface area contributed by atoms with E-state index in [-0.39, 0.29) is 0 Å². The molecule has 0 spiro atoms. The Morgan fingerprint density at radius 1 is 1.36 bits per heavy atom. The zero-order valence-electron chi connectivity index (χ0n) is 9.17. The molecule has 1 aromatic rings. The number of hydrogen-bond donors (Lipinski definition) is 2. The number of nitrogens with one attached hydrogen (secondary N) is 2. The number of hydrogen-bond acceptors (Lipinski definition) is 3. The number of aromatic nitrogens is 1. The summed E-state index contributed by atoms with van der Waals surface area (Å²) < 4.78 is 0. The third kappa shape index (κ3) is 3.75. The SMILES string of the molecule is Cc1cnccc1NCCNC(C)C. The molecule has 1 heterocycles. The van der Waals surface area contributed by atoms with E-state index >= 15 is 0 Å². The molecule has 0 aliphatic rings. The zero-order valence-corrected chi connectivity index (χ0v) is 9.17. The summed E-state index contributed by atoms with van der Waals surface area (Å²) in [4.78, 5) is 4.05. The summed E-state index contributed by atoms with van der Waals surface area (Å²) in [6, 6.07) is 2.56. The first kappa shape index (κ1) is 11.0. The minimum absolute atomic E-state index is 0.551. The first-order valence-corrected chi connectivity index (χ1v) is 5.08. The van der Waals surface area contributed by atoms with E-state index in [0.717, 1.165) is 13.1 Å². The third-order valence-corrected chi connectivity index (χ3v) is 2.01. The first-order valence-electron chi connectivity index (χ1n) is 5.08. The van der Waals surface area contributed by atoms with Crippen molar-refractivity contribution in [1.29, 1.82) is 0 Å². The molecule has 0 saturated carbocycles.